The van der Waals surface area contributed by atoms with Crippen LogP contribution in [0.2, 0.25) is 0 Å². The highest BCUT2D eigenvalue weighted by atomic mass is 14.7. The largest absolute Gasteiger partial charge is 0.365 e. The Bertz CT molecular complexity index is 302. The summed E-state index contributed by atoms with van der Waals surface area (Å²) in [7, 11) is 0. The molecule has 0 radical (unpaired) electrons. The minimum atomic E-state index is 0.411. The summed E-state index contributed by atoms with van der Waals surface area (Å²) in [6.07, 6.45) is 11.8. The standard InChI is InChI=1S/C8H12.C5H7N/c1-8(2)6-4-3-5-7-8;1-5-3-2-4-6-5/h3-6H,7H2,1-2H3;2-4,6H,1H3. The maximum absolute atomic E-state index is 3.00. The van der Waals surface area contributed by atoms with Crippen LogP contribution in [0.15, 0.2) is 42.6 Å². The highest BCUT2D eigenvalue weighted by molar-refractivity contribution is 5.14. The zero-order chi connectivity index (χ0) is 10.4. The van der Waals surface area contributed by atoms with Crippen molar-refractivity contribution in [3.05, 3.63) is 48.3 Å². The quantitative estimate of drug-likeness (QED) is 0.638. The van der Waals surface area contributed by atoms with Gasteiger partial charge in [-0.25, -0.2) is 0 Å². The number of aromatic amines is 1. The Labute approximate surface area is 86.5 Å². The van der Waals surface area contributed by atoms with E-state index in [1.165, 1.54) is 12.1 Å². The topological polar surface area (TPSA) is 15.8 Å². The minimum Gasteiger partial charge on any atom is -0.365 e. The van der Waals surface area contributed by atoms with Crippen molar-refractivity contribution in [2.75, 3.05) is 0 Å². The number of H-pyrrole nitrogens is 1. The Morgan fingerprint density at radius 3 is 2.29 bits per heavy atom. The van der Waals surface area contributed by atoms with E-state index in [1.54, 1.807) is 0 Å². The van der Waals surface area contributed by atoms with E-state index in [4.69, 9.17) is 0 Å². The molecule has 0 aromatic carbocycles. The lowest BCUT2D eigenvalue weighted by atomic mass is 9.86. The van der Waals surface area contributed by atoms with Crippen LogP contribution in [0.3, 0.4) is 0 Å². The molecule has 0 bridgehead atoms. The first-order valence-electron chi connectivity index (χ1n) is 5.04. The third-order valence-electron chi connectivity index (χ3n) is 2.19. The predicted octanol–water partition coefficient (Wildman–Crippen LogP) is 3.85. The molecule has 14 heavy (non-hydrogen) atoms. The lowest BCUT2D eigenvalue weighted by Crippen LogP contribution is -2.06. The summed E-state index contributed by atoms with van der Waals surface area (Å²) < 4.78 is 0. The van der Waals surface area contributed by atoms with Gasteiger partial charge in [-0.15, -0.1) is 0 Å². The maximum atomic E-state index is 3.00. The van der Waals surface area contributed by atoms with Gasteiger partial charge >= 0.3 is 0 Å². The lowest BCUT2D eigenvalue weighted by Gasteiger charge is -2.19. The SMILES string of the molecule is CC1(C)C=CC=CC1.Cc1ccc[nH]1. The summed E-state index contributed by atoms with van der Waals surface area (Å²) >= 11 is 0. The van der Waals surface area contributed by atoms with Crippen LogP contribution in [0, 0.1) is 12.3 Å². The van der Waals surface area contributed by atoms with Gasteiger partial charge in [0.15, 0.2) is 0 Å². The fourth-order valence-electron chi connectivity index (χ4n) is 1.25. The summed E-state index contributed by atoms with van der Waals surface area (Å²) in [4.78, 5) is 3.00. The fourth-order valence-corrected chi connectivity index (χ4v) is 1.25. The molecule has 0 saturated heterocycles. The van der Waals surface area contributed by atoms with E-state index in [1.807, 2.05) is 25.3 Å². The van der Waals surface area contributed by atoms with Crippen LogP contribution in [0.25, 0.3) is 0 Å². The molecule has 0 amide bonds. The second-order valence-electron chi connectivity index (χ2n) is 4.33. The average molecular weight is 189 g/mol. The second kappa shape index (κ2) is 4.85. The Balaban J connectivity index is 0.000000146. The van der Waals surface area contributed by atoms with Gasteiger partial charge in [-0.05, 0) is 30.9 Å². The Kier molecular flexibility index (Phi) is 3.75. The Hall–Kier alpha value is -1.24. The van der Waals surface area contributed by atoms with Crippen molar-refractivity contribution in [1.29, 1.82) is 0 Å². The molecule has 1 N–H and O–H groups in total. The zero-order valence-electron chi connectivity index (χ0n) is 9.25. The van der Waals surface area contributed by atoms with Gasteiger partial charge in [-0.2, -0.15) is 0 Å². The van der Waals surface area contributed by atoms with Gasteiger partial charge < -0.3 is 4.98 Å². The van der Waals surface area contributed by atoms with E-state index in [0.717, 1.165) is 0 Å². The Morgan fingerprint density at radius 2 is 2.07 bits per heavy atom. The molecule has 0 spiro atoms. The molecular weight excluding hydrogens is 170 g/mol. The summed E-state index contributed by atoms with van der Waals surface area (Å²) in [5.74, 6) is 0. The van der Waals surface area contributed by atoms with E-state index < -0.39 is 0 Å². The first-order valence-corrected chi connectivity index (χ1v) is 5.04. The summed E-state index contributed by atoms with van der Waals surface area (Å²) in [6, 6.07) is 4.01. The molecule has 2 rings (SSSR count). The Morgan fingerprint density at radius 1 is 1.29 bits per heavy atom. The second-order valence-corrected chi connectivity index (χ2v) is 4.33. The summed E-state index contributed by atoms with van der Waals surface area (Å²) in [6.45, 7) is 6.51. The molecule has 1 nitrogen and oxygen atoms in total. The van der Waals surface area contributed by atoms with Gasteiger partial charge in [0.2, 0.25) is 0 Å². The molecule has 0 unspecified atom stereocenters. The van der Waals surface area contributed by atoms with Crippen LogP contribution >= 0.6 is 0 Å². The van der Waals surface area contributed by atoms with Crippen LogP contribution < -0.4 is 0 Å². The van der Waals surface area contributed by atoms with Gasteiger partial charge in [0.1, 0.15) is 0 Å². The number of aryl methyl sites for hydroxylation is 1. The van der Waals surface area contributed by atoms with E-state index in [9.17, 15) is 0 Å². The van der Waals surface area contributed by atoms with Gasteiger partial charge in [0, 0.05) is 11.9 Å². The molecule has 0 fully saturated rings. The lowest BCUT2D eigenvalue weighted by molar-refractivity contribution is 0.484. The van der Waals surface area contributed by atoms with E-state index in [0.29, 0.717) is 5.41 Å². The number of nitrogens with one attached hydrogen (secondary N) is 1. The third-order valence-corrected chi connectivity index (χ3v) is 2.19. The summed E-state index contributed by atoms with van der Waals surface area (Å²) in [5.41, 5.74) is 1.63. The number of allylic oxidation sites excluding steroid dienone is 4. The van der Waals surface area contributed by atoms with Crippen LogP contribution in [-0.2, 0) is 0 Å². The third kappa shape index (κ3) is 4.13. The van der Waals surface area contributed by atoms with Gasteiger partial charge in [-0.1, -0.05) is 38.2 Å². The van der Waals surface area contributed by atoms with E-state index in [2.05, 4.69) is 43.1 Å². The zero-order valence-corrected chi connectivity index (χ0v) is 9.25. The first-order chi connectivity index (χ1) is 6.60. The molecule has 0 atom stereocenters. The molecular formula is C13H19N. The summed E-state index contributed by atoms with van der Waals surface area (Å²) in [5, 5.41) is 0. The molecule has 1 heterocycles. The van der Waals surface area contributed by atoms with Crippen molar-refractivity contribution in [3.63, 3.8) is 0 Å². The van der Waals surface area contributed by atoms with Crippen LogP contribution in [0.5, 0.6) is 0 Å². The maximum Gasteiger partial charge on any atom is 0.0115 e. The monoisotopic (exact) mass is 189 g/mol. The van der Waals surface area contributed by atoms with E-state index in [-0.39, 0.29) is 0 Å². The number of hydrogen-bond donors (Lipinski definition) is 1. The van der Waals surface area contributed by atoms with Gasteiger partial charge in [-0.3, -0.25) is 0 Å². The number of rotatable bonds is 0. The molecule has 0 saturated carbocycles. The number of aromatic nitrogens is 1. The van der Waals surface area contributed by atoms with Crippen LogP contribution in [-0.4, -0.2) is 4.98 Å². The molecule has 1 aromatic rings. The molecule has 1 aliphatic rings. The van der Waals surface area contributed by atoms with Crippen LogP contribution in [0.1, 0.15) is 26.0 Å². The van der Waals surface area contributed by atoms with E-state index >= 15 is 0 Å². The molecule has 0 aliphatic heterocycles. The molecule has 1 aromatic heterocycles. The van der Waals surface area contributed by atoms with Gasteiger partial charge in [0.05, 0.1) is 0 Å². The highest BCUT2D eigenvalue weighted by Gasteiger charge is 2.11. The van der Waals surface area contributed by atoms with Crippen molar-refractivity contribution < 1.29 is 0 Å². The molecule has 1 heteroatoms. The number of hydrogen-bond acceptors (Lipinski definition) is 0. The predicted molar refractivity (Wildman–Crippen MR) is 62.2 cm³/mol. The van der Waals surface area contributed by atoms with Crippen molar-refractivity contribution in [1.82, 2.24) is 4.98 Å². The van der Waals surface area contributed by atoms with Crippen LogP contribution in [0.4, 0.5) is 0 Å². The van der Waals surface area contributed by atoms with Crippen molar-refractivity contribution in [3.8, 4) is 0 Å². The molecule has 76 valence electrons. The normalized spacial score (nSPS) is 17.4. The van der Waals surface area contributed by atoms with Crippen molar-refractivity contribution >= 4 is 0 Å². The van der Waals surface area contributed by atoms with Crippen molar-refractivity contribution in [2.45, 2.75) is 27.2 Å². The first kappa shape index (κ1) is 10.8. The highest BCUT2D eigenvalue weighted by Crippen LogP contribution is 2.24. The molecule has 1 aliphatic carbocycles. The smallest absolute Gasteiger partial charge is 0.0115 e. The minimum absolute atomic E-state index is 0.411. The van der Waals surface area contributed by atoms with Gasteiger partial charge in [0.25, 0.3) is 0 Å². The fraction of sp³-hybridized carbons (Fsp3) is 0.385. The average Bonchev–Trinajstić information content (AvgIpc) is 2.56. The van der Waals surface area contributed by atoms with Crippen molar-refractivity contribution in [2.24, 2.45) is 5.41 Å².